The van der Waals surface area contributed by atoms with Crippen molar-refractivity contribution in [2.24, 2.45) is 0 Å². The number of rotatable bonds is 3. The van der Waals surface area contributed by atoms with Gasteiger partial charge in [0.1, 0.15) is 5.69 Å². The highest BCUT2D eigenvalue weighted by Gasteiger charge is 2.25. The zero-order valence-electron chi connectivity index (χ0n) is 13.8. The smallest absolute Gasteiger partial charge is 0.270 e. The highest BCUT2D eigenvalue weighted by atomic mass is 32.1. The van der Waals surface area contributed by atoms with Gasteiger partial charge in [-0.15, -0.1) is 11.3 Å². The van der Waals surface area contributed by atoms with Gasteiger partial charge in [-0.2, -0.15) is 0 Å². The Morgan fingerprint density at radius 1 is 1.08 bits per heavy atom. The first-order chi connectivity index (χ1) is 11.8. The van der Waals surface area contributed by atoms with Crippen LogP contribution in [-0.4, -0.2) is 41.6 Å². The van der Waals surface area contributed by atoms with Crippen LogP contribution < -0.4 is 4.90 Å². The summed E-state index contributed by atoms with van der Waals surface area (Å²) in [5.74, 6) is 0.160. The fraction of sp³-hybridized carbons (Fsp3) is 0.316. The second kappa shape index (κ2) is 6.32. The predicted octanol–water partition coefficient (Wildman–Crippen LogP) is 3.69. The van der Waals surface area contributed by atoms with Crippen LogP contribution in [0.4, 0.5) is 5.69 Å². The normalized spacial score (nSPS) is 15.2. The van der Waals surface area contributed by atoms with E-state index in [9.17, 15) is 4.79 Å². The third-order valence-corrected chi connectivity index (χ3v) is 5.60. The van der Waals surface area contributed by atoms with Gasteiger partial charge in [0.2, 0.25) is 0 Å². The Morgan fingerprint density at radius 3 is 2.54 bits per heavy atom. The summed E-state index contributed by atoms with van der Waals surface area (Å²) >= 11 is 1.70. The molecule has 1 aromatic carbocycles. The van der Waals surface area contributed by atoms with Gasteiger partial charge in [-0.1, -0.05) is 18.2 Å². The van der Waals surface area contributed by atoms with Gasteiger partial charge in [0, 0.05) is 38.4 Å². The lowest BCUT2D eigenvalue weighted by molar-refractivity contribution is 0.0736. The van der Waals surface area contributed by atoms with E-state index in [2.05, 4.69) is 58.2 Å². The van der Waals surface area contributed by atoms with Crippen molar-refractivity contribution in [3.05, 3.63) is 53.5 Å². The number of benzene rings is 1. The molecule has 4 nitrogen and oxygen atoms in total. The van der Waals surface area contributed by atoms with Crippen molar-refractivity contribution in [2.75, 3.05) is 31.1 Å². The second-order valence-corrected chi connectivity index (χ2v) is 7.01. The molecule has 5 heteroatoms. The Morgan fingerprint density at radius 2 is 1.83 bits per heavy atom. The number of nitrogens with zero attached hydrogens (tertiary/aromatic N) is 3. The van der Waals surface area contributed by atoms with Gasteiger partial charge in [-0.3, -0.25) is 4.79 Å². The number of hydrogen-bond donors (Lipinski definition) is 0. The molecule has 3 aromatic rings. The number of hydrogen-bond acceptors (Lipinski definition) is 3. The van der Waals surface area contributed by atoms with Gasteiger partial charge in [0.15, 0.2) is 0 Å². The zero-order chi connectivity index (χ0) is 16.5. The molecule has 0 saturated carbocycles. The monoisotopic (exact) mass is 339 g/mol. The summed E-state index contributed by atoms with van der Waals surface area (Å²) in [4.78, 5) is 17.3. The van der Waals surface area contributed by atoms with Crippen molar-refractivity contribution in [2.45, 2.75) is 13.5 Å². The van der Waals surface area contributed by atoms with Crippen LogP contribution in [0, 0.1) is 0 Å². The van der Waals surface area contributed by atoms with Gasteiger partial charge < -0.3 is 14.4 Å². The number of para-hydroxylation sites is 1. The highest BCUT2D eigenvalue weighted by molar-refractivity contribution is 7.17. The Kier molecular flexibility index (Phi) is 4.02. The fourth-order valence-electron chi connectivity index (χ4n) is 3.46. The van der Waals surface area contributed by atoms with E-state index < -0.39 is 0 Å². The molecule has 0 N–H and O–H groups in total. The molecule has 124 valence electrons. The summed E-state index contributed by atoms with van der Waals surface area (Å²) < 4.78 is 3.33. The van der Waals surface area contributed by atoms with E-state index in [1.807, 2.05) is 11.0 Å². The van der Waals surface area contributed by atoms with E-state index in [0.29, 0.717) is 0 Å². The number of carbonyl (C=O) groups excluding carboxylic acids is 1. The molecule has 3 heterocycles. The zero-order valence-corrected chi connectivity index (χ0v) is 14.6. The largest absolute Gasteiger partial charge is 0.368 e. The van der Waals surface area contributed by atoms with Gasteiger partial charge >= 0.3 is 0 Å². The minimum atomic E-state index is 0.160. The van der Waals surface area contributed by atoms with Crippen molar-refractivity contribution in [1.29, 1.82) is 0 Å². The van der Waals surface area contributed by atoms with Gasteiger partial charge in [-0.25, -0.2) is 0 Å². The van der Waals surface area contributed by atoms with Crippen LogP contribution in [-0.2, 0) is 6.54 Å². The molecular weight excluding hydrogens is 318 g/mol. The van der Waals surface area contributed by atoms with Crippen LogP contribution >= 0.6 is 11.3 Å². The summed E-state index contributed by atoms with van der Waals surface area (Å²) in [5, 5.41) is 2.09. The standard InChI is InChI=1S/C19H21N3OS/c1-2-22-16-8-13-24-18(16)14-17(22)19(23)21-11-9-20(10-12-21)15-6-4-3-5-7-15/h3-8,13-14H,2,9-12H2,1H3. The molecule has 1 fully saturated rings. The van der Waals surface area contributed by atoms with Crippen molar-refractivity contribution < 1.29 is 4.79 Å². The number of carbonyl (C=O) groups is 1. The van der Waals surface area contributed by atoms with Crippen LogP contribution in [0.3, 0.4) is 0 Å². The van der Waals surface area contributed by atoms with Crippen LogP contribution in [0.5, 0.6) is 0 Å². The van der Waals surface area contributed by atoms with E-state index in [0.717, 1.165) is 38.4 Å². The quantitative estimate of drug-likeness (QED) is 0.728. The first-order valence-corrected chi connectivity index (χ1v) is 9.32. The lowest BCUT2D eigenvalue weighted by Crippen LogP contribution is -2.49. The molecule has 2 aromatic heterocycles. The molecule has 0 radical (unpaired) electrons. The number of thiophene rings is 1. The van der Waals surface area contributed by atoms with Gasteiger partial charge in [0.25, 0.3) is 5.91 Å². The molecule has 0 atom stereocenters. The van der Waals surface area contributed by atoms with Crippen molar-refractivity contribution in [3.63, 3.8) is 0 Å². The van der Waals surface area contributed by atoms with Crippen molar-refractivity contribution >= 4 is 33.1 Å². The predicted molar refractivity (Wildman–Crippen MR) is 100 cm³/mol. The molecule has 0 unspecified atom stereocenters. The third-order valence-electron chi connectivity index (χ3n) is 4.75. The maximum atomic E-state index is 13.0. The van der Waals surface area contributed by atoms with E-state index in [1.54, 1.807) is 11.3 Å². The average Bonchev–Trinajstić information content (AvgIpc) is 3.23. The molecule has 0 aliphatic carbocycles. The molecule has 0 bridgehead atoms. The molecule has 1 amide bonds. The SMILES string of the molecule is CCn1c(C(=O)N2CCN(c3ccccc3)CC2)cc2sccc21. The minimum absolute atomic E-state index is 0.160. The Balaban J connectivity index is 1.50. The second-order valence-electron chi connectivity index (χ2n) is 6.06. The number of fused-ring (bicyclic) bond motifs is 1. The van der Waals surface area contributed by atoms with E-state index in [-0.39, 0.29) is 5.91 Å². The number of anilines is 1. The van der Waals surface area contributed by atoms with Crippen molar-refractivity contribution in [3.8, 4) is 0 Å². The van der Waals surface area contributed by atoms with Gasteiger partial charge in [-0.05, 0) is 36.6 Å². The Labute approximate surface area is 145 Å². The first kappa shape index (κ1) is 15.3. The minimum Gasteiger partial charge on any atom is -0.368 e. The molecule has 24 heavy (non-hydrogen) atoms. The maximum absolute atomic E-state index is 13.0. The lowest BCUT2D eigenvalue weighted by Gasteiger charge is -2.36. The molecular formula is C19H21N3OS. The van der Waals surface area contributed by atoms with Crippen LogP contribution in [0.2, 0.25) is 0 Å². The lowest BCUT2D eigenvalue weighted by atomic mass is 10.2. The number of aryl methyl sites for hydroxylation is 1. The van der Waals surface area contributed by atoms with Crippen molar-refractivity contribution in [1.82, 2.24) is 9.47 Å². The summed E-state index contributed by atoms with van der Waals surface area (Å²) in [7, 11) is 0. The van der Waals surface area contributed by atoms with E-state index >= 15 is 0 Å². The molecule has 4 rings (SSSR count). The molecule has 1 aliphatic rings. The number of piperazine rings is 1. The van der Waals surface area contributed by atoms with Gasteiger partial charge in [0.05, 0.1) is 10.2 Å². The third kappa shape index (κ3) is 2.59. The van der Waals surface area contributed by atoms with Crippen LogP contribution in [0.1, 0.15) is 17.4 Å². The maximum Gasteiger partial charge on any atom is 0.270 e. The molecule has 0 spiro atoms. The molecule has 1 aliphatic heterocycles. The fourth-order valence-corrected chi connectivity index (χ4v) is 4.29. The number of aromatic nitrogens is 1. The summed E-state index contributed by atoms with van der Waals surface area (Å²) in [6, 6.07) is 14.6. The Bertz CT molecular complexity index is 844. The first-order valence-electron chi connectivity index (χ1n) is 8.44. The average molecular weight is 339 g/mol. The van der Waals surface area contributed by atoms with Crippen LogP contribution in [0.25, 0.3) is 10.2 Å². The Hall–Kier alpha value is -2.27. The molecule has 1 saturated heterocycles. The topological polar surface area (TPSA) is 28.5 Å². The summed E-state index contributed by atoms with van der Waals surface area (Å²) in [6.45, 7) is 6.24. The summed E-state index contributed by atoms with van der Waals surface area (Å²) in [6.07, 6.45) is 0. The highest BCUT2D eigenvalue weighted by Crippen LogP contribution is 2.26. The summed E-state index contributed by atoms with van der Waals surface area (Å²) in [5.41, 5.74) is 3.24. The number of amides is 1. The van der Waals surface area contributed by atoms with E-state index in [1.165, 1.54) is 15.9 Å². The van der Waals surface area contributed by atoms with Crippen LogP contribution in [0.15, 0.2) is 47.8 Å². The van der Waals surface area contributed by atoms with E-state index in [4.69, 9.17) is 0 Å².